The number of fused-ring (bicyclic) bond motifs is 3. The molecule has 4 aromatic heterocycles. The van der Waals surface area contributed by atoms with Gasteiger partial charge in [0.05, 0.1) is 34.4 Å². The molecule has 286 valence electrons. The molecule has 5 aromatic carbocycles. The Kier molecular flexibility index (Phi) is 8.89. The van der Waals surface area contributed by atoms with Crippen molar-refractivity contribution in [2.24, 2.45) is 7.05 Å². The first-order chi connectivity index (χ1) is 27.8. The van der Waals surface area contributed by atoms with Crippen molar-refractivity contribution in [2.45, 2.75) is 52.4 Å². The van der Waals surface area contributed by atoms with E-state index in [1.807, 2.05) is 36.8 Å². The Labute approximate surface area is 340 Å². The first-order valence-corrected chi connectivity index (χ1v) is 19.9. The molecular weight excluding hydrogens is 711 g/mol. The molecule has 9 aromatic rings. The van der Waals surface area contributed by atoms with Crippen LogP contribution < -0.4 is 0 Å². The van der Waals surface area contributed by atoms with Crippen LogP contribution in [0, 0.1) is 0 Å². The molecule has 6 nitrogen and oxygen atoms in total. The molecule has 4 heterocycles. The number of phenols is 1. The highest BCUT2D eigenvalue weighted by molar-refractivity contribution is 6.11. The number of rotatable bonds is 6. The van der Waals surface area contributed by atoms with Gasteiger partial charge in [-0.25, -0.2) is 9.97 Å². The summed E-state index contributed by atoms with van der Waals surface area (Å²) in [4.78, 5) is 15.0. The highest BCUT2D eigenvalue weighted by Crippen LogP contribution is 2.40. The number of para-hydroxylation sites is 3. The van der Waals surface area contributed by atoms with Crippen molar-refractivity contribution >= 4 is 22.1 Å². The smallest absolute Gasteiger partial charge is 0.164 e. The van der Waals surface area contributed by atoms with E-state index in [9.17, 15) is 5.11 Å². The summed E-state index contributed by atoms with van der Waals surface area (Å²) >= 11 is 0. The molecule has 0 radical (unpaired) electrons. The number of imidazole rings is 1. The first-order valence-electron chi connectivity index (χ1n) is 19.9. The molecule has 0 saturated carbocycles. The summed E-state index contributed by atoms with van der Waals surface area (Å²) in [5.41, 5.74) is 16.0. The molecule has 0 aliphatic rings. The van der Waals surface area contributed by atoms with Gasteiger partial charge in [-0.1, -0.05) is 126 Å². The van der Waals surface area contributed by atoms with Crippen LogP contribution in [0.4, 0.5) is 0 Å². The van der Waals surface area contributed by atoms with Gasteiger partial charge in [-0.15, -0.1) is 0 Å². The molecule has 0 bridgehead atoms. The molecule has 0 saturated heterocycles. The van der Waals surface area contributed by atoms with Crippen molar-refractivity contribution in [3.63, 3.8) is 0 Å². The lowest BCUT2D eigenvalue weighted by Gasteiger charge is -2.26. The fourth-order valence-electron chi connectivity index (χ4n) is 7.96. The van der Waals surface area contributed by atoms with Crippen molar-refractivity contribution in [3.8, 4) is 67.5 Å². The molecule has 0 amide bonds. The monoisotopic (exact) mass is 757 g/mol. The van der Waals surface area contributed by atoms with Gasteiger partial charge in [0, 0.05) is 46.6 Å². The lowest BCUT2D eigenvalue weighted by Crippen LogP contribution is -2.16. The van der Waals surface area contributed by atoms with Crippen molar-refractivity contribution in [1.29, 1.82) is 0 Å². The average molecular weight is 758 g/mol. The van der Waals surface area contributed by atoms with E-state index in [0.717, 1.165) is 72.5 Å². The molecule has 0 aliphatic carbocycles. The number of pyridine rings is 2. The molecule has 0 aliphatic heterocycles. The van der Waals surface area contributed by atoms with Gasteiger partial charge in [0.2, 0.25) is 0 Å². The zero-order valence-corrected chi connectivity index (χ0v) is 34.1. The second-order valence-electron chi connectivity index (χ2n) is 17.4. The van der Waals surface area contributed by atoms with Gasteiger partial charge in [-0.05, 0) is 93.2 Å². The molecule has 0 atom stereocenters. The second kappa shape index (κ2) is 14.0. The van der Waals surface area contributed by atoms with Gasteiger partial charge in [0.25, 0.3) is 0 Å². The van der Waals surface area contributed by atoms with Gasteiger partial charge in [0.1, 0.15) is 5.75 Å². The largest absolute Gasteiger partial charge is 0.507 e. The number of nitrogens with zero attached hydrogens (tertiary/aromatic N) is 5. The van der Waals surface area contributed by atoms with Gasteiger partial charge >= 0.3 is 0 Å². The molecule has 9 rings (SSSR count). The van der Waals surface area contributed by atoms with Crippen molar-refractivity contribution < 1.29 is 5.11 Å². The minimum absolute atomic E-state index is 0.0389. The van der Waals surface area contributed by atoms with Crippen LogP contribution in [0.15, 0.2) is 152 Å². The molecule has 0 spiro atoms. The topological polar surface area (TPSA) is 68.8 Å². The fourth-order valence-corrected chi connectivity index (χ4v) is 7.96. The summed E-state index contributed by atoms with van der Waals surface area (Å²) in [5, 5.41) is 12.2. The summed E-state index contributed by atoms with van der Waals surface area (Å²) < 4.78 is 4.37. The Morgan fingerprint density at radius 2 is 1.12 bits per heavy atom. The maximum absolute atomic E-state index is 11.0. The highest BCUT2D eigenvalue weighted by atomic mass is 16.3. The quantitative estimate of drug-likeness (QED) is 0.183. The first kappa shape index (κ1) is 36.8. The van der Waals surface area contributed by atoms with Crippen LogP contribution in [0.2, 0.25) is 0 Å². The van der Waals surface area contributed by atoms with E-state index in [0.29, 0.717) is 11.3 Å². The zero-order valence-electron chi connectivity index (χ0n) is 34.1. The lowest BCUT2D eigenvalue weighted by atomic mass is 9.79. The maximum atomic E-state index is 11.0. The minimum Gasteiger partial charge on any atom is -0.507 e. The number of hydrogen-bond donors (Lipinski definition) is 1. The third kappa shape index (κ3) is 6.64. The van der Waals surface area contributed by atoms with E-state index in [4.69, 9.17) is 15.0 Å². The van der Waals surface area contributed by atoms with E-state index in [1.54, 1.807) is 6.07 Å². The Bertz CT molecular complexity index is 2960. The molecule has 6 heteroatoms. The van der Waals surface area contributed by atoms with Gasteiger partial charge in [0.15, 0.2) is 5.65 Å². The van der Waals surface area contributed by atoms with Crippen molar-refractivity contribution in [3.05, 3.63) is 163 Å². The number of aromatic nitrogens is 5. The van der Waals surface area contributed by atoms with Crippen LogP contribution >= 0.6 is 0 Å². The van der Waals surface area contributed by atoms with Gasteiger partial charge in [-0.2, -0.15) is 0 Å². The standard InChI is InChI=1S/C52H47N5O/c1-51(2,3)38-26-36(27-39(31-38)52(4,5)6)37-29-45(55-46(30-37)42-19-11-12-22-47(42)58)35-16-13-15-34(25-35)44-28-33(23-24-53-44)41-20-14-21-43-48(41)57(40-17-9-8-10-18-40)50-49(43)56(7)32-54-50/h8-32,58H,1-7H3. The lowest BCUT2D eigenvalue weighted by molar-refractivity contribution is 0.477. The Hall–Kier alpha value is -6.79. The summed E-state index contributed by atoms with van der Waals surface area (Å²) in [5.74, 6) is 0.198. The molecule has 0 fully saturated rings. The molecule has 1 N–H and O–H groups in total. The number of aryl methyl sites for hydroxylation is 1. The Balaban J connectivity index is 1.19. The predicted octanol–water partition coefficient (Wildman–Crippen LogP) is 12.9. The van der Waals surface area contributed by atoms with Gasteiger partial charge in [-0.3, -0.25) is 9.55 Å². The third-order valence-electron chi connectivity index (χ3n) is 11.2. The summed E-state index contributed by atoms with van der Waals surface area (Å²) in [6.45, 7) is 13.6. The third-order valence-corrected chi connectivity index (χ3v) is 11.2. The zero-order chi connectivity index (χ0) is 40.3. The summed E-state index contributed by atoms with van der Waals surface area (Å²) in [6, 6.07) is 48.3. The van der Waals surface area contributed by atoms with E-state index in [2.05, 4.69) is 167 Å². The SMILES string of the molecule is Cn1cnc2c1c1cccc(-c3ccnc(-c4cccc(-c5cc(-c6cc(C(C)(C)C)cc(C(C)(C)C)c6)cc(-c6ccccc6O)n5)c4)c3)c1n2-c1ccccc1. The predicted molar refractivity (Wildman–Crippen MR) is 239 cm³/mol. The number of hydrogen-bond acceptors (Lipinski definition) is 4. The second-order valence-corrected chi connectivity index (χ2v) is 17.4. The van der Waals surface area contributed by atoms with Crippen LogP contribution in [0.25, 0.3) is 83.8 Å². The van der Waals surface area contributed by atoms with Crippen LogP contribution in [0.5, 0.6) is 5.75 Å². The fraction of sp³-hybridized carbons (Fsp3) is 0.173. The maximum Gasteiger partial charge on any atom is 0.164 e. The van der Waals surface area contributed by atoms with Crippen LogP contribution in [0.1, 0.15) is 52.7 Å². The van der Waals surface area contributed by atoms with Crippen LogP contribution in [-0.2, 0) is 17.9 Å². The average Bonchev–Trinajstić information content (AvgIpc) is 3.77. The van der Waals surface area contributed by atoms with Crippen LogP contribution in [0.3, 0.4) is 0 Å². The number of phenolic OH excluding ortho intramolecular Hbond substituents is 1. The van der Waals surface area contributed by atoms with E-state index in [1.165, 1.54) is 11.1 Å². The highest BCUT2D eigenvalue weighted by Gasteiger charge is 2.23. The van der Waals surface area contributed by atoms with Gasteiger partial charge < -0.3 is 9.67 Å². The molecule has 0 unspecified atom stereocenters. The number of aromatic hydroxyl groups is 1. The van der Waals surface area contributed by atoms with Crippen molar-refractivity contribution in [2.75, 3.05) is 0 Å². The van der Waals surface area contributed by atoms with E-state index < -0.39 is 0 Å². The van der Waals surface area contributed by atoms with E-state index in [-0.39, 0.29) is 16.6 Å². The Morgan fingerprint density at radius 3 is 1.84 bits per heavy atom. The minimum atomic E-state index is -0.0389. The Morgan fingerprint density at radius 1 is 0.500 bits per heavy atom. The number of benzene rings is 5. The molecular formula is C52H47N5O. The van der Waals surface area contributed by atoms with Crippen molar-refractivity contribution in [1.82, 2.24) is 24.1 Å². The van der Waals surface area contributed by atoms with Crippen LogP contribution in [-0.4, -0.2) is 29.2 Å². The normalized spacial score (nSPS) is 12.1. The van der Waals surface area contributed by atoms with E-state index >= 15 is 0 Å². The summed E-state index contributed by atoms with van der Waals surface area (Å²) in [6.07, 6.45) is 3.78. The summed E-state index contributed by atoms with van der Waals surface area (Å²) in [7, 11) is 2.05. The molecule has 58 heavy (non-hydrogen) atoms.